The van der Waals surface area contributed by atoms with Crippen LogP contribution in [0, 0.1) is 11.8 Å². The standard InChI is InChI=1S/C16H27NO2S/c1-3-5-7-8-10-20-16-12(9-6-4-2)11-13(16)14(18)17-15(16)19/h12-13H,3-11H2,1-2H3,(H,17,18,19)/t12-,13+,16-/m0/s1. The highest BCUT2D eigenvalue weighted by Gasteiger charge is 2.66. The topological polar surface area (TPSA) is 46.2 Å². The smallest absolute Gasteiger partial charge is 0.243 e. The quantitative estimate of drug-likeness (QED) is 0.523. The highest BCUT2D eigenvalue weighted by Crippen LogP contribution is 2.58. The number of imide groups is 1. The van der Waals surface area contributed by atoms with Crippen LogP contribution in [0.25, 0.3) is 0 Å². The summed E-state index contributed by atoms with van der Waals surface area (Å²) in [5.41, 5.74) is 0. The molecule has 2 fully saturated rings. The number of hydrogen-bond donors (Lipinski definition) is 1. The van der Waals surface area contributed by atoms with E-state index < -0.39 is 4.75 Å². The summed E-state index contributed by atoms with van der Waals surface area (Å²) < 4.78 is -0.404. The Hall–Kier alpha value is -0.510. The number of amides is 2. The monoisotopic (exact) mass is 297 g/mol. The van der Waals surface area contributed by atoms with Crippen LogP contribution >= 0.6 is 11.8 Å². The van der Waals surface area contributed by atoms with Crippen molar-refractivity contribution >= 4 is 23.6 Å². The lowest BCUT2D eigenvalue weighted by molar-refractivity contribution is -0.125. The molecule has 3 atom stereocenters. The van der Waals surface area contributed by atoms with Crippen molar-refractivity contribution in [2.45, 2.75) is 70.0 Å². The summed E-state index contributed by atoms with van der Waals surface area (Å²) in [5.74, 6) is 1.35. The molecule has 1 saturated heterocycles. The second-order valence-corrected chi connectivity index (χ2v) is 7.52. The molecule has 0 aromatic heterocycles. The first kappa shape index (κ1) is 15.9. The molecule has 1 aliphatic heterocycles. The van der Waals surface area contributed by atoms with Crippen LogP contribution in [0.15, 0.2) is 0 Å². The Balaban J connectivity index is 1.93. The molecule has 0 aromatic carbocycles. The van der Waals surface area contributed by atoms with Crippen LogP contribution in [0.3, 0.4) is 0 Å². The fourth-order valence-corrected chi connectivity index (χ4v) is 5.26. The molecule has 0 radical (unpaired) electrons. The Bertz CT molecular complexity index is 371. The van der Waals surface area contributed by atoms with E-state index in [1.807, 2.05) is 0 Å². The Labute approximate surface area is 126 Å². The fourth-order valence-electron chi connectivity index (χ4n) is 3.54. The number of unbranched alkanes of at least 4 members (excludes halogenated alkanes) is 4. The lowest BCUT2D eigenvalue weighted by Crippen LogP contribution is -2.56. The molecule has 2 rings (SSSR count). The van der Waals surface area contributed by atoms with E-state index in [4.69, 9.17) is 0 Å². The van der Waals surface area contributed by atoms with Crippen LogP contribution in [0.2, 0.25) is 0 Å². The highest BCUT2D eigenvalue weighted by atomic mass is 32.2. The van der Waals surface area contributed by atoms with Crippen molar-refractivity contribution in [3.05, 3.63) is 0 Å². The molecular weight excluding hydrogens is 270 g/mol. The third kappa shape index (κ3) is 2.76. The van der Waals surface area contributed by atoms with Crippen LogP contribution in [0.5, 0.6) is 0 Å². The summed E-state index contributed by atoms with van der Waals surface area (Å²) in [6.45, 7) is 4.39. The number of rotatable bonds is 9. The second kappa shape index (κ2) is 6.97. The number of carbonyl (C=O) groups excluding carboxylic acids is 2. The Morgan fingerprint density at radius 3 is 2.55 bits per heavy atom. The van der Waals surface area contributed by atoms with Crippen LogP contribution in [-0.2, 0) is 9.59 Å². The first-order valence-electron chi connectivity index (χ1n) is 8.16. The van der Waals surface area contributed by atoms with Gasteiger partial charge in [-0.3, -0.25) is 14.9 Å². The van der Waals surface area contributed by atoms with Crippen molar-refractivity contribution in [1.29, 1.82) is 0 Å². The maximum atomic E-state index is 12.3. The number of thioether (sulfide) groups is 1. The van der Waals surface area contributed by atoms with Crippen molar-refractivity contribution in [3.8, 4) is 0 Å². The van der Waals surface area contributed by atoms with E-state index in [0.29, 0.717) is 5.92 Å². The maximum Gasteiger partial charge on any atom is 0.243 e. The maximum absolute atomic E-state index is 12.3. The Morgan fingerprint density at radius 1 is 1.15 bits per heavy atom. The fraction of sp³-hybridized carbons (Fsp3) is 0.875. The molecule has 1 saturated carbocycles. The number of fused-ring (bicyclic) bond motifs is 1. The average molecular weight is 297 g/mol. The lowest BCUT2D eigenvalue weighted by atomic mass is 9.63. The molecule has 20 heavy (non-hydrogen) atoms. The zero-order chi connectivity index (χ0) is 14.6. The van der Waals surface area contributed by atoms with E-state index in [1.165, 1.54) is 19.3 Å². The van der Waals surface area contributed by atoms with Gasteiger partial charge in [-0.15, -0.1) is 11.8 Å². The van der Waals surface area contributed by atoms with E-state index in [2.05, 4.69) is 19.2 Å². The predicted octanol–water partition coefficient (Wildman–Crippen LogP) is 3.52. The summed E-state index contributed by atoms with van der Waals surface area (Å²) in [4.78, 5) is 24.2. The van der Waals surface area contributed by atoms with Gasteiger partial charge in [0.05, 0.1) is 5.92 Å². The zero-order valence-corrected chi connectivity index (χ0v) is 13.6. The van der Waals surface area contributed by atoms with Gasteiger partial charge in [-0.1, -0.05) is 46.0 Å². The van der Waals surface area contributed by atoms with Crippen molar-refractivity contribution in [1.82, 2.24) is 5.32 Å². The SMILES string of the molecule is CCCCCCS[C@]12C(=O)NC(=O)[C@H]1C[C@@H]2CCCC. The molecule has 0 bridgehead atoms. The van der Waals surface area contributed by atoms with Gasteiger partial charge in [0.15, 0.2) is 0 Å². The number of hydrogen-bond acceptors (Lipinski definition) is 3. The molecule has 1 N–H and O–H groups in total. The number of nitrogens with one attached hydrogen (secondary N) is 1. The van der Waals surface area contributed by atoms with Crippen molar-refractivity contribution in [2.24, 2.45) is 11.8 Å². The van der Waals surface area contributed by atoms with E-state index in [1.54, 1.807) is 11.8 Å². The minimum absolute atomic E-state index is 0.000319. The van der Waals surface area contributed by atoms with Crippen molar-refractivity contribution < 1.29 is 9.59 Å². The average Bonchev–Trinajstić information content (AvgIpc) is 2.58. The van der Waals surface area contributed by atoms with Crippen LogP contribution in [-0.4, -0.2) is 22.3 Å². The summed E-state index contributed by atoms with van der Waals surface area (Å²) in [6.07, 6.45) is 9.23. The number of carbonyl (C=O) groups is 2. The molecule has 1 heterocycles. The third-order valence-electron chi connectivity index (χ3n) is 4.80. The molecule has 0 aromatic rings. The summed E-state index contributed by atoms with van der Waals surface area (Å²) in [6, 6.07) is 0. The lowest BCUT2D eigenvalue weighted by Gasteiger charge is -2.48. The first-order chi connectivity index (χ1) is 9.66. The largest absolute Gasteiger partial charge is 0.295 e. The van der Waals surface area contributed by atoms with Gasteiger partial charge in [-0.05, 0) is 30.9 Å². The van der Waals surface area contributed by atoms with Crippen molar-refractivity contribution in [2.75, 3.05) is 5.75 Å². The Morgan fingerprint density at radius 2 is 1.90 bits per heavy atom. The minimum atomic E-state index is -0.404. The second-order valence-electron chi connectivity index (χ2n) is 6.15. The van der Waals surface area contributed by atoms with Crippen LogP contribution < -0.4 is 5.32 Å². The van der Waals surface area contributed by atoms with E-state index in [0.717, 1.165) is 37.9 Å². The molecule has 4 heteroatoms. The van der Waals surface area contributed by atoms with Gasteiger partial charge >= 0.3 is 0 Å². The van der Waals surface area contributed by atoms with Gasteiger partial charge in [0, 0.05) is 0 Å². The Kier molecular flexibility index (Phi) is 5.53. The summed E-state index contributed by atoms with van der Waals surface area (Å²) in [7, 11) is 0. The van der Waals surface area contributed by atoms with E-state index in [-0.39, 0.29) is 17.7 Å². The summed E-state index contributed by atoms with van der Waals surface area (Å²) >= 11 is 1.77. The predicted molar refractivity (Wildman–Crippen MR) is 83.6 cm³/mol. The zero-order valence-electron chi connectivity index (χ0n) is 12.7. The van der Waals surface area contributed by atoms with E-state index in [9.17, 15) is 9.59 Å². The first-order valence-corrected chi connectivity index (χ1v) is 9.14. The molecular formula is C16H27NO2S. The highest BCUT2D eigenvalue weighted by molar-refractivity contribution is 8.01. The molecule has 2 amide bonds. The van der Waals surface area contributed by atoms with Crippen LogP contribution in [0.1, 0.15) is 65.2 Å². The molecule has 3 nitrogen and oxygen atoms in total. The third-order valence-corrected chi connectivity index (χ3v) is 6.57. The van der Waals surface area contributed by atoms with Gasteiger partial charge < -0.3 is 0 Å². The van der Waals surface area contributed by atoms with Gasteiger partial charge in [0.2, 0.25) is 11.8 Å². The molecule has 2 aliphatic rings. The molecule has 0 spiro atoms. The van der Waals surface area contributed by atoms with Gasteiger partial charge in [-0.2, -0.15) is 0 Å². The molecule has 114 valence electrons. The molecule has 0 unspecified atom stereocenters. The van der Waals surface area contributed by atoms with E-state index >= 15 is 0 Å². The minimum Gasteiger partial charge on any atom is -0.295 e. The van der Waals surface area contributed by atoms with Crippen LogP contribution in [0.4, 0.5) is 0 Å². The summed E-state index contributed by atoms with van der Waals surface area (Å²) in [5, 5.41) is 2.58. The molecule has 1 aliphatic carbocycles. The van der Waals surface area contributed by atoms with Gasteiger partial charge in [0.1, 0.15) is 4.75 Å². The normalized spacial score (nSPS) is 31.9. The van der Waals surface area contributed by atoms with Crippen molar-refractivity contribution in [3.63, 3.8) is 0 Å². The van der Waals surface area contributed by atoms with Gasteiger partial charge in [0.25, 0.3) is 0 Å². The van der Waals surface area contributed by atoms with Gasteiger partial charge in [-0.25, -0.2) is 0 Å².